The molecule has 0 bridgehead atoms. The Kier molecular flexibility index (Phi) is 4.80. The minimum absolute atomic E-state index is 0.0387. The summed E-state index contributed by atoms with van der Waals surface area (Å²) in [6.45, 7) is 9.45. The van der Waals surface area contributed by atoms with Crippen LogP contribution in [0.5, 0.6) is 0 Å². The van der Waals surface area contributed by atoms with Gasteiger partial charge < -0.3 is 11.1 Å². The minimum Gasteiger partial charge on any atom is -0.349 e. The molecule has 0 saturated carbocycles. The summed E-state index contributed by atoms with van der Waals surface area (Å²) in [5.74, 6) is -0.0387. The lowest BCUT2D eigenvalue weighted by Gasteiger charge is -2.37. The Hall–Kier alpha value is -0.870. The smallest absolute Gasteiger partial charge is 0.227 e. The number of carbonyl (C=O) groups is 1. The summed E-state index contributed by atoms with van der Waals surface area (Å²) in [6, 6.07) is 7.81. The van der Waals surface area contributed by atoms with Crippen molar-refractivity contribution in [2.75, 3.05) is 0 Å². The lowest BCUT2D eigenvalue weighted by molar-refractivity contribution is -0.132. The molecule has 3 N–H and O–H groups in total. The molecule has 0 unspecified atom stereocenters. The van der Waals surface area contributed by atoms with Gasteiger partial charge in [0.15, 0.2) is 0 Å². The molecule has 3 nitrogen and oxygen atoms in total. The van der Waals surface area contributed by atoms with E-state index in [2.05, 4.69) is 21.2 Å². The zero-order valence-corrected chi connectivity index (χ0v) is 13.8. The second kappa shape index (κ2) is 5.63. The van der Waals surface area contributed by atoms with Crippen LogP contribution in [0.3, 0.4) is 0 Å². The number of amides is 1. The highest BCUT2D eigenvalue weighted by Gasteiger charge is 2.40. The average molecular weight is 327 g/mol. The van der Waals surface area contributed by atoms with E-state index in [1.54, 1.807) is 0 Å². The van der Waals surface area contributed by atoms with E-state index in [9.17, 15) is 4.79 Å². The summed E-state index contributed by atoms with van der Waals surface area (Å²) in [4.78, 5) is 12.4. The number of nitrogens with one attached hydrogen (secondary N) is 1. The third kappa shape index (κ3) is 3.57. The molecule has 1 aromatic rings. The second-order valence-corrected chi connectivity index (χ2v) is 6.92. The van der Waals surface area contributed by atoms with Crippen LogP contribution in [-0.2, 0) is 4.79 Å². The Balaban J connectivity index is 2.87. The Morgan fingerprint density at radius 3 is 2.26 bits per heavy atom. The molecule has 19 heavy (non-hydrogen) atoms. The molecule has 0 saturated heterocycles. The molecule has 0 heterocycles. The van der Waals surface area contributed by atoms with Crippen LogP contribution in [0.25, 0.3) is 0 Å². The van der Waals surface area contributed by atoms with E-state index >= 15 is 0 Å². The normalized spacial score (nSPS) is 14.1. The highest BCUT2D eigenvalue weighted by Crippen LogP contribution is 2.30. The third-order valence-corrected chi connectivity index (χ3v) is 4.62. The summed E-state index contributed by atoms with van der Waals surface area (Å²) < 4.78 is 0.993. The van der Waals surface area contributed by atoms with E-state index in [1.807, 2.05) is 58.9 Å². The van der Waals surface area contributed by atoms with Gasteiger partial charge in [0.1, 0.15) is 0 Å². The Morgan fingerprint density at radius 1 is 1.26 bits per heavy atom. The lowest BCUT2D eigenvalue weighted by Crippen LogP contribution is -2.55. The Labute approximate surface area is 124 Å². The monoisotopic (exact) mass is 326 g/mol. The second-order valence-electron chi connectivity index (χ2n) is 6.06. The molecule has 0 radical (unpaired) electrons. The van der Waals surface area contributed by atoms with E-state index in [0.717, 1.165) is 10.0 Å². The molecule has 1 aromatic carbocycles. The fourth-order valence-corrected chi connectivity index (χ4v) is 2.20. The van der Waals surface area contributed by atoms with Gasteiger partial charge in [0, 0.05) is 10.0 Å². The number of halogens is 1. The molecular weight excluding hydrogens is 304 g/mol. The zero-order valence-electron chi connectivity index (χ0n) is 12.3. The summed E-state index contributed by atoms with van der Waals surface area (Å²) in [5.41, 5.74) is 5.93. The van der Waals surface area contributed by atoms with Crippen molar-refractivity contribution in [1.29, 1.82) is 0 Å². The fraction of sp³-hybridized carbons (Fsp3) is 0.533. The molecule has 1 atom stereocenters. The summed E-state index contributed by atoms with van der Waals surface area (Å²) in [6.07, 6.45) is 0. The number of rotatable bonds is 4. The van der Waals surface area contributed by atoms with Crippen molar-refractivity contribution in [1.82, 2.24) is 5.32 Å². The first-order chi connectivity index (χ1) is 8.57. The number of carbonyl (C=O) groups excluding carboxylic acids is 1. The van der Waals surface area contributed by atoms with Gasteiger partial charge in [0.05, 0.1) is 11.5 Å². The molecule has 0 aliphatic carbocycles. The minimum atomic E-state index is -0.636. The maximum atomic E-state index is 12.4. The van der Waals surface area contributed by atoms with Gasteiger partial charge in [0.2, 0.25) is 5.91 Å². The molecule has 0 aliphatic heterocycles. The number of hydrogen-bond donors (Lipinski definition) is 2. The van der Waals surface area contributed by atoms with Gasteiger partial charge in [-0.15, -0.1) is 0 Å². The Morgan fingerprint density at radius 2 is 1.79 bits per heavy atom. The van der Waals surface area contributed by atoms with Crippen LogP contribution >= 0.6 is 15.9 Å². The maximum absolute atomic E-state index is 12.4. The van der Waals surface area contributed by atoms with Crippen molar-refractivity contribution in [3.63, 3.8) is 0 Å². The van der Waals surface area contributed by atoms with Crippen LogP contribution in [0.15, 0.2) is 28.7 Å². The van der Waals surface area contributed by atoms with Gasteiger partial charge in [-0.1, -0.05) is 34.1 Å². The van der Waals surface area contributed by atoms with Gasteiger partial charge in [-0.3, -0.25) is 4.79 Å². The molecule has 0 spiro atoms. The molecule has 106 valence electrons. The molecule has 0 fully saturated rings. The van der Waals surface area contributed by atoms with Crippen LogP contribution in [0.4, 0.5) is 0 Å². The summed E-state index contributed by atoms with van der Waals surface area (Å²) in [5, 5.41) is 3.03. The van der Waals surface area contributed by atoms with Gasteiger partial charge in [0.25, 0.3) is 0 Å². The number of nitrogens with two attached hydrogens (primary N) is 1. The maximum Gasteiger partial charge on any atom is 0.227 e. The molecule has 0 aromatic heterocycles. The zero-order chi connectivity index (χ0) is 14.8. The first-order valence-corrected chi connectivity index (χ1v) is 7.21. The fourth-order valence-electron chi connectivity index (χ4n) is 1.57. The van der Waals surface area contributed by atoms with Crippen molar-refractivity contribution in [3.05, 3.63) is 34.3 Å². The molecule has 0 aliphatic rings. The number of benzene rings is 1. The summed E-state index contributed by atoms with van der Waals surface area (Å²) >= 11 is 3.50. The van der Waals surface area contributed by atoms with Crippen molar-refractivity contribution < 1.29 is 4.79 Å². The first kappa shape index (κ1) is 16.2. The average Bonchev–Trinajstić information content (AvgIpc) is 2.27. The molecule has 4 heteroatoms. The SMILES string of the molecule is C[C@@H](NC(=O)C(C)(C)C(C)(C)N)c1ccccc1Br. The van der Waals surface area contributed by atoms with Crippen molar-refractivity contribution in [3.8, 4) is 0 Å². The van der Waals surface area contributed by atoms with Crippen LogP contribution in [-0.4, -0.2) is 11.4 Å². The van der Waals surface area contributed by atoms with Crippen LogP contribution in [0, 0.1) is 5.41 Å². The first-order valence-electron chi connectivity index (χ1n) is 6.41. The Bertz CT molecular complexity index is 463. The van der Waals surface area contributed by atoms with Crippen LogP contribution in [0.1, 0.15) is 46.2 Å². The molecule has 1 rings (SSSR count). The molecular formula is C15H23BrN2O. The lowest BCUT2D eigenvalue weighted by atomic mass is 9.74. The van der Waals surface area contributed by atoms with Gasteiger partial charge >= 0.3 is 0 Å². The summed E-state index contributed by atoms with van der Waals surface area (Å²) in [7, 11) is 0. The van der Waals surface area contributed by atoms with E-state index < -0.39 is 11.0 Å². The quantitative estimate of drug-likeness (QED) is 0.891. The topological polar surface area (TPSA) is 55.1 Å². The number of hydrogen-bond acceptors (Lipinski definition) is 2. The predicted molar refractivity (Wildman–Crippen MR) is 82.7 cm³/mol. The van der Waals surface area contributed by atoms with Crippen molar-refractivity contribution >= 4 is 21.8 Å². The van der Waals surface area contributed by atoms with E-state index in [0.29, 0.717) is 0 Å². The van der Waals surface area contributed by atoms with Gasteiger partial charge in [-0.05, 0) is 46.2 Å². The predicted octanol–water partition coefficient (Wildman–Crippen LogP) is 3.39. The van der Waals surface area contributed by atoms with Gasteiger partial charge in [-0.2, -0.15) is 0 Å². The van der Waals surface area contributed by atoms with Gasteiger partial charge in [-0.25, -0.2) is 0 Å². The largest absolute Gasteiger partial charge is 0.349 e. The van der Waals surface area contributed by atoms with E-state index in [4.69, 9.17) is 5.73 Å². The van der Waals surface area contributed by atoms with E-state index in [-0.39, 0.29) is 11.9 Å². The van der Waals surface area contributed by atoms with E-state index in [1.165, 1.54) is 0 Å². The van der Waals surface area contributed by atoms with Crippen molar-refractivity contribution in [2.24, 2.45) is 11.1 Å². The highest BCUT2D eigenvalue weighted by molar-refractivity contribution is 9.10. The molecule has 1 amide bonds. The van der Waals surface area contributed by atoms with Crippen LogP contribution in [0.2, 0.25) is 0 Å². The standard InChI is InChI=1S/C15H23BrN2O/c1-10(11-8-6-7-9-12(11)16)18-13(19)14(2,3)15(4,5)17/h6-10H,17H2,1-5H3,(H,18,19)/t10-/m1/s1. The van der Waals surface area contributed by atoms with Crippen LogP contribution < -0.4 is 11.1 Å². The van der Waals surface area contributed by atoms with Crippen molar-refractivity contribution in [2.45, 2.75) is 46.2 Å². The third-order valence-electron chi connectivity index (χ3n) is 3.90. The highest BCUT2D eigenvalue weighted by atomic mass is 79.9.